The maximum Gasteiger partial charge on any atom is 0.251 e. The highest BCUT2D eigenvalue weighted by atomic mass is 32.2. The predicted octanol–water partition coefficient (Wildman–Crippen LogP) is 5.37. The minimum Gasteiger partial charge on any atom is -0.493 e. The molecule has 184 valence electrons. The summed E-state index contributed by atoms with van der Waals surface area (Å²) >= 11 is 0. The van der Waals surface area contributed by atoms with Gasteiger partial charge in [0.25, 0.3) is 5.91 Å². The Morgan fingerprint density at radius 3 is 2.49 bits per heavy atom. The predicted molar refractivity (Wildman–Crippen MR) is 144 cm³/mol. The van der Waals surface area contributed by atoms with Crippen molar-refractivity contribution in [1.29, 1.82) is 0 Å². The number of thiol groups is 1. The molecule has 0 saturated heterocycles. The minimum atomic E-state index is -0.652. The Morgan fingerprint density at radius 1 is 1.09 bits per heavy atom. The van der Waals surface area contributed by atoms with Crippen molar-refractivity contribution in [3.05, 3.63) is 70.3 Å². The van der Waals surface area contributed by atoms with E-state index in [0.717, 1.165) is 23.1 Å². The van der Waals surface area contributed by atoms with Gasteiger partial charge < -0.3 is 20.1 Å². The molecule has 7 nitrogen and oxygen atoms in total. The zero-order chi connectivity index (χ0) is 24.9. The third-order valence-corrected chi connectivity index (χ3v) is 8.25. The smallest absolute Gasteiger partial charge is 0.251 e. The molecule has 0 fully saturated rings. The summed E-state index contributed by atoms with van der Waals surface area (Å²) in [6.07, 6.45) is 5.20. The number of allylic oxidation sites excluding steroid dienone is 2. The number of aryl methyl sites for hydroxylation is 1. The average molecular weight is 493 g/mol. The van der Waals surface area contributed by atoms with E-state index in [-0.39, 0.29) is 11.9 Å². The van der Waals surface area contributed by atoms with Gasteiger partial charge in [0.15, 0.2) is 11.5 Å². The molecule has 3 aromatic rings. The average Bonchev–Trinajstić information content (AvgIpc) is 3.36. The lowest BCUT2D eigenvalue weighted by Crippen LogP contribution is -2.23. The highest BCUT2D eigenvalue weighted by molar-refractivity contribution is 8.23. The monoisotopic (exact) mass is 492 g/mol. The zero-order valence-electron chi connectivity index (χ0n) is 20.8. The number of amides is 1. The Bertz CT molecular complexity index is 1290. The minimum absolute atomic E-state index is 0.0305. The van der Waals surface area contributed by atoms with Gasteiger partial charge in [-0.2, -0.15) is 10.9 Å². The molecule has 0 bridgehead atoms. The fourth-order valence-electron chi connectivity index (χ4n) is 4.06. The van der Waals surface area contributed by atoms with Crippen LogP contribution >= 0.6 is 10.9 Å². The second-order valence-electron chi connectivity index (χ2n) is 8.32. The van der Waals surface area contributed by atoms with Gasteiger partial charge in [0.1, 0.15) is 11.6 Å². The lowest BCUT2D eigenvalue weighted by Gasteiger charge is -2.26. The van der Waals surface area contributed by atoms with E-state index in [1.54, 1.807) is 14.2 Å². The molecule has 2 N–H and O–H groups in total. The molecule has 1 amide bonds. The van der Waals surface area contributed by atoms with Crippen molar-refractivity contribution in [2.24, 2.45) is 0 Å². The number of carbonyl (C=O) groups is 1. The van der Waals surface area contributed by atoms with Crippen LogP contribution in [0.3, 0.4) is 0 Å². The first-order valence-corrected chi connectivity index (χ1v) is 13.1. The molecule has 2 unspecified atom stereocenters. The summed E-state index contributed by atoms with van der Waals surface area (Å²) < 4.78 is 10.9. The summed E-state index contributed by atoms with van der Waals surface area (Å²) in [5.41, 5.74) is 1.48. The number of benzene rings is 2. The van der Waals surface area contributed by atoms with Crippen LogP contribution in [0.2, 0.25) is 0 Å². The van der Waals surface area contributed by atoms with Crippen molar-refractivity contribution >= 4 is 33.5 Å². The van der Waals surface area contributed by atoms with Gasteiger partial charge in [-0.3, -0.25) is 4.79 Å². The van der Waals surface area contributed by atoms with E-state index in [2.05, 4.69) is 52.2 Å². The van der Waals surface area contributed by atoms with E-state index in [0.29, 0.717) is 29.4 Å². The Balaban J connectivity index is 1.57. The van der Waals surface area contributed by atoms with Crippen LogP contribution in [-0.4, -0.2) is 42.7 Å². The summed E-state index contributed by atoms with van der Waals surface area (Å²) in [6, 6.07) is 11.8. The van der Waals surface area contributed by atoms with Crippen molar-refractivity contribution < 1.29 is 14.3 Å². The van der Waals surface area contributed by atoms with Crippen LogP contribution in [-0.2, 0) is 0 Å². The Morgan fingerprint density at radius 2 is 1.80 bits per heavy atom. The van der Waals surface area contributed by atoms with E-state index in [9.17, 15) is 4.79 Å². The van der Waals surface area contributed by atoms with Gasteiger partial charge in [0.05, 0.1) is 25.8 Å². The van der Waals surface area contributed by atoms with Crippen molar-refractivity contribution in [1.82, 2.24) is 15.3 Å². The van der Waals surface area contributed by atoms with Gasteiger partial charge in [-0.1, -0.05) is 19.1 Å². The van der Waals surface area contributed by atoms with Gasteiger partial charge in [-0.25, -0.2) is 9.97 Å². The van der Waals surface area contributed by atoms with Crippen LogP contribution in [0, 0.1) is 6.92 Å². The first-order chi connectivity index (χ1) is 16.9. The number of anilines is 1. The number of rotatable bonds is 9. The molecule has 4 rings (SSSR count). The van der Waals surface area contributed by atoms with Crippen molar-refractivity contribution in [3.63, 3.8) is 0 Å². The highest BCUT2D eigenvalue weighted by Gasteiger charge is 2.21. The SMILES string of the molecule is CCCNC(=O)c1ccc([SH]2C=CC=C2C(C)Nc2nc(C)nc3cc(OC)c(OC)cc23)cc1. The number of fused-ring (bicyclic) bond motifs is 1. The maximum atomic E-state index is 12.3. The number of aromatic nitrogens is 2. The molecule has 2 aromatic carbocycles. The second kappa shape index (κ2) is 10.8. The Hall–Kier alpha value is -3.52. The van der Waals surface area contributed by atoms with E-state index >= 15 is 0 Å². The number of hydrogen-bond donors (Lipinski definition) is 3. The number of nitrogens with zero attached hydrogens (tertiary/aromatic N) is 2. The lowest BCUT2D eigenvalue weighted by molar-refractivity contribution is 0.0953. The Labute approximate surface area is 209 Å². The van der Waals surface area contributed by atoms with Crippen LogP contribution in [0.5, 0.6) is 11.5 Å². The zero-order valence-corrected chi connectivity index (χ0v) is 21.6. The number of methoxy groups -OCH3 is 2. The molecular weight excluding hydrogens is 460 g/mol. The molecule has 0 aliphatic carbocycles. The summed E-state index contributed by atoms with van der Waals surface area (Å²) in [5.74, 6) is 2.67. The van der Waals surface area contributed by atoms with Crippen molar-refractivity contribution in [3.8, 4) is 11.5 Å². The van der Waals surface area contributed by atoms with Crippen LogP contribution < -0.4 is 20.1 Å². The molecule has 0 saturated carbocycles. The summed E-state index contributed by atoms with van der Waals surface area (Å²) in [7, 11) is 2.58. The van der Waals surface area contributed by atoms with Gasteiger partial charge in [0, 0.05) is 23.6 Å². The second-order valence-corrected chi connectivity index (χ2v) is 10.4. The standard InChI is InChI=1S/C27H32N4O3S/c1-6-13-28-27(32)19-9-11-20(12-10-19)35-14-7-8-25(35)17(2)29-26-21-15-23(33-4)24(34-5)16-22(21)30-18(3)31-26/h7-12,14-17,35H,6,13H2,1-5H3,(H,28,32)(H,29,30,31). The van der Waals surface area contributed by atoms with E-state index < -0.39 is 10.9 Å². The van der Waals surface area contributed by atoms with Crippen molar-refractivity contribution in [2.75, 3.05) is 26.1 Å². The first kappa shape index (κ1) is 24.6. The maximum absolute atomic E-state index is 12.3. The van der Waals surface area contributed by atoms with Crippen LogP contribution in [0.25, 0.3) is 10.9 Å². The highest BCUT2D eigenvalue weighted by Crippen LogP contribution is 2.50. The number of ether oxygens (including phenoxy) is 2. The molecule has 1 aliphatic heterocycles. The van der Waals surface area contributed by atoms with E-state index in [4.69, 9.17) is 14.5 Å². The number of carbonyl (C=O) groups excluding carboxylic acids is 1. The third-order valence-electron chi connectivity index (χ3n) is 5.83. The third kappa shape index (κ3) is 5.27. The first-order valence-electron chi connectivity index (χ1n) is 11.7. The summed E-state index contributed by atoms with van der Waals surface area (Å²) in [4.78, 5) is 24.0. The molecule has 1 aliphatic rings. The van der Waals surface area contributed by atoms with Gasteiger partial charge in [0.2, 0.25) is 0 Å². The molecule has 0 radical (unpaired) electrons. The molecule has 8 heteroatoms. The molecule has 1 aromatic heterocycles. The normalized spacial score (nSPS) is 16.6. The van der Waals surface area contributed by atoms with E-state index in [1.807, 2.05) is 38.1 Å². The molecule has 2 heterocycles. The van der Waals surface area contributed by atoms with Crippen LogP contribution in [0.1, 0.15) is 36.5 Å². The van der Waals surface area contributed by atoms with Crippen LogP contribution in [0.4, 0.5) is 5.82 Å². The van der Waals surface area contributed by atoms with Gasteiger partial charge >= 0.3 is 0 Å². The fraction of sp³-hybridized carbons (Fsp3) is 0.296. The van der Waals surface area contributed by atoms with E-state index in [1.165, 1.54) is 9.80 Å². The summed E-state index contributed by atoms with van der Waals surface area (Å²) in [5, 5.41) is 9.65. The Kier molecular flexibility index (Phi) is 7.60. The topological polar surface area (TPSA) is 85.4 Å². The van der Waals surface area contributed by atoms with Gasteiger partial charge in [-0.05, 0) is 65.8 Å². The summed E-state index contributed by atoms with van der Waals surface area (Å²) in [6.45, 7) is 6.75. The lowest BCUT2D eigenvalue weighted by atomic mass is 10.2. The van der Waals surface area contributed by atoms with Gasteiger partial charge in [-0.15, -0.1) is 0 Å². The number of hydrogen-bond acceptors (Lipinski definition) is 6. The quantitative estimate of drug-likeness (QED) is 0.348. The van der Waals surface area contributed by atoms with Crippen molar-refractivity contribution in [2.45, 2.75) is 38.1 Å². The fourth-order valence-corrected chi connectivity index (χ4v) is 6.16. The van der Waals surface area contributed by atoms with Crippen LogP contribution in [0.15, 0.2) is 63.8 Å². The molecule has 0 spiro atoms. The molecule has 35 heavy (non-hydrogen) atoms. The molecular formula is C27H32N4O3S. The number of nitrogens with one attached hydrogen (secondary N) is 2. The largest absolute Gasteiger partial charge is 0.493 e. The molecule has 2 atom stereocenters.